The number of nitrogens with zero attached hydrogens (tertiary/aromatic N) is 2. The lowest BCUT2D eigenvalue weighted by molar-refractivity contribution is 0.435. The molecule has 1 aromatic rings. The Morgan fingerprint density at radius 2 is 2.05 bits per heavy atom. The molecule has 19 heavy (non-hydrogen) atoms. The summed E-state index contributed by atoms with van der Waals surface area (Å²) in [6, 6.07) is 5.10. The molecule has 0 saturated carbocycles. The Labute approximate surface area is 129 Å². The van der Waals surface area contributed by atoms with Crippen LogP contribution >= 0.6 is 31.9 Å². The minimum Gasteiger partial charge on any atom is -0.398 e. The average molecular weight is 411 g/mol. The van der Waals surface area contributed by atoms with E-state index in [9.17, 15) is 8.42 Å². The molecule has 0 spiro atoms. The molecule has 1 rings (SSSR count). The Hall–Kier alpha value is -0.620. The second kappa shape index (κ2) is 6.70. The van der Waals surface area contributed by atoms with Crippen molar-refractivity contribution < 1.29 is 8.42 Å². The van der Waals surface area contributed by atoms with E-state index < -0.39 is 10.0 Å². The minimum atomic E-state index is -3.71. The summed E-state index contributed by atoms with van der Waals surface area (Å²) in [5.74, 6) is 0. The van der Waals surface area contributed by atoms with Crippen molar-refractivity contribution in [1.82, 2.24) is 4.31 Å². The van der Waals surface area contributed by atoms with Gasteiger partial charge < -0.3 is 5.73 Å². The Kier molecular flexibility index (Phi) is 5.80. The highest BCUT2D eigenvalue weighted by atomic mass is 79.9. The first kappa shape index (κ1) is 16.4. The average Bonchev–Trinajstić information content (AvgIpc) is 2.27. The van der Waals surface area contributed by atoms with Gasteiger partial charge in [0, 0.05) is 28.5 Å². The molecule has 0 bridgehead atoms. The molecule has 0 aliphatic rings. The molecule has 0 fully saturated rings. The summed E-state index contributed by atoms with van der Waals surface area (Å²) < 4.78 is 27.4. The topological polar surface area (TPSA) is 87.2 Å². The van der Waals surface area contributed by atoms with Crippen LogP contribution in [0.5, 0.6) is 0 Å². The van der Waals surface area contributed by atoms with Gasteiger partial charge in [-0.2, -0.15) is 9.57 Å². The van der Waals surface area contributed by atoms with E-state index in [-0.39, 0.29) is 30.1 Å². The zero-order valence-corrected chi connectivity index (χ0v) is 14.2. The number of anilines is 1. The molecule has 0 aliphatic heterocycles. The van der Waals surface area contributed by atoms with Crippen molar-refractivity contribution in [3.05, 3.63) is 21.1 Å². The molecule has 0 heterocycles. The van der Waals surface area contributed by atoms with Gasteiger partial charge in [-0.05, 0) is 28.1 Å². The lowest BCUT2D eigenvalue weighted by Crippen LogP contribution is -2.32. The third-order valence-electron chi connectivity index (χ3n) is 2.46. The number of nitriles is 1. The molecule has 0 unspecified atom stereocenters. The summed E-state index contributed by atoms with van der Waals surface area (Å²) in [5.41, 5.74) is 5.96. The molecule has 0 amide bonds. The van der Waals surface area contributed by atoms with Gasteiger partial charge in [0.15, 0.2) is 0 Å². The summed E-state index contributed by atoms with van der Waals surface area (Å²) in [6.45, 7) is 2.15. The van der Waals surface area contributed by atoms with Crippen LogP contribution in [-0.4, -0.2) is 25.8 Å². The third kappa shape index (κ3) is 3.69. The van der Waals surface area contributed by atoms with Gasteiger partial charge >= 0.3 is 0 Å². The van der Waals surface area contributed by atoms with Crippen LogP contribution in [0, 0.1) is 11.3 Å². The Morgan fingerprint density at radius 3 is 2.53 bits per heavy atom. The number of rotatable bonds is 5. The fourth-order valence-corrected chi connectivity index (χ4v) is 5.07. The number of nitrogen functional groups attached to an aromatic ring is 1. The van der Waals surface area contributed by atoms with E-state index in [1.807, 2.05) is 6.07 Å². The van der Waals surface area contributed by atoms with Gasteiger partial charge in [-0.25, -0.2) is 8.42 Å². The maximum absolute atomic E-state index is 12.5. The van der Waals surface area contributed by atoms with Gasteiger partial charge in [-0.1, -0.05) is 22.9 Å². The molecule has 0 aromatic heterocycles. The van der Waals surface area contributed by atoms with Crippen LogP contribution < -0.4 is 5.73 Å². The predicted octanol–water partition coefficient (Wildman–Crippen LogP) is 2.72. The SMILES string of the molecule is CCN(CCC#N)S(=O)(=O)c1c(N)cc(Br)cc1Br. The highest BCUT2D eigenvalue weighted by molar-refractivity contribution is 9.11. The molecule has 0 atom stereocenters. The number of nitrogens with two attached hydrogens (primary N) is 1. The second-order valence-electron chi connectivity index (χ2n) is 3.71. The first-order valence-electron chi connectivity index (χ1n) is 5.46. The lowest BCUT2D eigenvalue weighted by atomic mass is 10.3. The van der Waals surface area contributed by atoms with E-state index in [4.69, 9.17) is 11.0 Å². The zero-order valence-electron chi connectivity index (χ0n) is 10.2. The van der Waals surface area contributed by atoms with Crippen LogP contribution in [-0.2, 0) is 10.0 Å². The van der Waals surface area contributed by atoms with Gasteiger partial charge in [0.05, 0.1) is 11.8 Å². The van der Waals surface area contributed by atoms with Crippen LogP contribution in [0.3, 0.4) is 0 Å². The van der Waals surface area contributed by atoms with Crippen LogP contribution in [0.2, 0.25) is 0 Å². The maximum atomic E-state index is 12.5. The van der Waals surface area contributed by atoms with Crippen molar-refractivity contribution in [3.63, 3.8) is 0 Å². The zero-order chi connectivity index (χ0) is 14.6. The third-order valence-corrected chi connectivity index (χ3v) is 5.90. The lowest BCUT2D eigenvalue weighted by Gasteiger charge is -2.21. The smallest absolute Gasteiger partial charge is 0.246 e. The van der Waals surface area contributed by atoms with Gasteiger partial charge in [0.2, 0.25) is 10.0 Å². The first-order chi connectivity index (χ1) is 8.84. The fourth-order valence-electron chi connectivity index (χ4n) is 1.60. The van der Waals surface area contributed by atoms with Crippen molar-refractivity contribution in [2.24, 2.45) is 0 Å². The van der Waals surface area contributed by atoms with Crippen LogP contribution in [0.15, 0.2) is 26.0 Å². The first-order valence-corrected chi connectivity index (χ1v) is 8.48. The molecule has 2 N–H and O–H groups in total. The normalized spacial score (nSPS) is 11.5. The summed E-state index contributed by atoms with van der Waals surface area (Å²) in [5, 5.41) is 8.58. The van der Waals surface area contributed by atoms with Gasteiger partial charge in [0.25, 0.3) is 0 Å². The van der Waals surface area contributed by atoms with Crippen molar-refractivity contribution in [3.8, 4) is 6.07 Å². The highest BCUT2D eigenvalue weighted by Gasteiger charge is 2.27. The summed E-state index contributed by atoms with van der Waals surface area (Å²) >= 11 is 6.47. The van der Waals surface area contributed by atoms with Crippen molar-refractivity contribution in [2.75, 3.05) is 18.8 Å². The number of halogens is 2. The standard InChI is InChI=1S/C11H13Br2N3O2S/c1-2-16(5-3-4-14)19(17,18)11-9(13)6-8(12)7-10(11)15/h6-7H,2-3,5,15H2,1H3. The summed E-state index contributed by atoms with van der Waals surface area (Å²) in [6.07, 6.45) is 0.140. The van der Waals surface area contributed by atoms with Gasteiger partial charge in [-0.15, -0.1) is 0 Å². The molecule has 8 heteroatoms. The van der Waals surface area contributed by atoms with E-state index in [0.717, 1.165) is 0 Å². The Morgan fingerprint density at radius 1 is 1.42 bits per heavy atom. The number of sulfonamides is 1. The fraction of sp³-hybridized carbons (Fsp3) is 0.364. The van der Waals surface area contributed by atoms with E-state index in [1.54, 1.807) is 13.0 Å². The predicted molar refractivity (Wildman–Crippen MR) is 80.9 cm³/mol. The molecule has 0 radical (unpaired) electrons. The molecule has 0 saturated heterocycles. The van der Waals surface area contributed by atoms with E-state index in [1.165, 1.54) is 10.4 Å². The number of hydrogen-bond acceptors (Lipinski definition) is 4. The maximum Gasteiger partial charge on any atom is 0.246 e. The Bertz CT molecular complexity index is 588. The van der Waals surface area contributed by atoms with Crippen molar-refractivity contribution >= 4 is 47.6 Å². The number of benzene rings is 1. The van der Waals surface area contributed by atoms with E-state index in [0.29, 0.717) is 8.95 Å². The van der Waals surface area contributed by atoms with Crippen molar-refractivity contribution in [1.29, 1.82) is 5.26 Å². The molecule has 5 nitrogen and oxygen atoms in total. The van der Waals surface area contributed by atoms with Crippen LogP contribution in [0.1, 0.15) is 13.3 Å². The minimum absolute atomic E-state index is 0.0375. The van der Waals surface area contributed by atoms with Crippen LogP contribution in [0.25, 0.3) is 0 Å². The molecule has 1 aromatic carbocycles. The number of hydrogen-bond donors (Lipinski definition) is 1. The summed E-state index contributed by atoms with van der Waals surface area (Å²) in [7, 11) is -3.71. The molecule has 0 aliphatic carbocycles. The second-order valence-corrected chi connectivity index (χ2v) is 7.36. The highest BCUT2D eigenvalue weighted by Crippen LogP contribution is 2.33. The quantitative estimate of drug-likeness (QED) is 0.756. The molecular weight excluding hydrogens is 398 g/mol. The molecular formula is C11H13Br2N3O2S. The summed E-state index contributed by atoms with van der Waals surface area (Å²) in [4.78, 5) is 0.0375. The van der Waals surface area contributed by atoms with E-state index >= 15 is 0 Å². The molecule has 104 valence electrons. The Balaban J connectivity index is 3.31. The van der Waals surface area contributed by atoms with Crippen molar-refractivity contribution in [2.45, 2.75) is 18.2 Å². The largest absolute Gasteiger partial charge is 0.398 e. The van der Waals surface area contributed by atoms with E-state index in [2.05, 4.69) is 31.9 Å². The monoisotopic (exact) mass is 409 g/mol. The van der Waals surface area contributed by atoms with Gasteiger partial charge in [0.1, 0.15) is 4.90 Å². The van der Waals surface area contributed by atoms with Gasteiger partial charge in [-0.3, -0.25) is 0 Å². The van der Waals surface area contributed by atoms with Crippen LogP contribution in [0.4, 0.5) is 5.69 Å².